The van der Waals surface area contributed by atoms with E-state index in [2.05, 4.69) is 41.2 Å². The van der Waals surface area contributed by atoms with Crippen LogP contribution in [0.3, 0.4) is 0 Å². The van der Waals surface area contributed by atoms with Gasteiger partial charge in [0.25, 0.3) is 0 Å². The zero-order chi connectivity index (χ0) is 20.8. The van der Waals surface area contributed by atoms with Crippen LogP contribution in [0.1, 0.15) is 105 Å². The van der Waals surface area contributed by atoms with Gasteiger partial charge in [0.05, 0.1) is 0 Å². The first kappa shape index (κ1) is 20.3. The molecule has 0 N–H and O–H groups in total. The van der Waals surface area contributed by atoms with E-state index in [0.717, 1.165) is 36.5 Å². The van der Waals surface area contributed by atoms with E-state index >= 15 is 0 Å². The minimum atomic E-state index is 0.242. The summed E-state index contributed by atoms with van der Waals surface area (Å²) >= 11 is 0. The first-order chi connectivity index (χ1) is 13.5. The first-order valence-corrected chi connectivity index (χ1v) is 12.7. The third-order valence-corrected chi connectivity index (χ3v) is 12.3. The van der Waals surface area contributed by atoms with E-state index < -0.39 is 0 Å². The molecule has 5 aliphatic carbocycles. The quantitative estimate of drug-likeness (QED) is 0.385. The Bertz CT molecular complexity index is 737. The highest BCUT2D eigenvalue weighted by molar-refractivity contribution is 5.82. The van der Waals surface area contributed by atoms with Gasteiger partial charge in [-0.1, -0.05) is 46.8 Å². The SMILES string of the molecule is C=C1CC[C@]2(C)CC[C@]3(C)[C@@H]4CC[C@@]5(C)[C@@H](CCC(=O)[C@@H]5C)[C@]4(C)CC[C@H]3[C@@H]2C1. The summed E-state index contributed by atoms with van der Waals surface area (Å²) in [5, 5.41) is 0. The van der Waals surface area contributed by atoms with Crippen LogP contribution in [0.2, 0.25) is 0 Å². The van der Waals surface area contributed by atoms with Crippen molar-refractivity contribution in [3.63, 3.8) is 0 Å². The van der Waals surface area contributed by atoms with Gasteiger partial charge in [0.1, 0.15) is 5.78 Å². The Labute approximate surface area is 179 Å². The molecule has 162 valence electrons. The maximum absolute atomic E-state index is 12.6. The van der Waals surface area contributed by atoms with Crippen molar-refractivity contribution in [3.8, 4) is 0 Å². The summed E-state index contributed by atoms with van der Waals surface area (Å²) in [6.07, 6.45) is 14.3. The van der Waals surface area contributed by atoms with Gasteiger partial charge in [0.15, 0.2) is 0 Å². The fraction of sp³-hybridized carbons (Fsp3) is 0.893. The third kappa shape index (κ3) is 2.54. The van der Waals surface area contributed by atoms with Crippen molar-refractivity contribution in [3.05, 3.63) is 12.2 Å². The van der Waals surface area contributed by atoms with Crippen molar-refractivity contribution in [2.45, 2.75) is 105 Å². The van der Waals surface area contributed by atoms with Crippen molar-refractivity contribution in [1.82, 2.24) is 0 Å². The molecular formula is C28H44O. The minimum absolute atomic E-state index is 0.242. The van der Waals surface area contributed by atoms with Gasteiger partial charge in [-0.3, -0.25) is 4.79 Å². The lowest BCUT2D eigenvalue weighted by Gasteiger charge is -2.70. The lowest BCUT2D eigenvalue weighted by Crippen LogP contribution is -2.63. The summed E-state index contributed by atoms with van der Waals surface area (Å²) in [7, 11) is 0. The third-order valence-electron chi connectivity index (χ3n) is 12.3. The molecule has 0 heterocycles. The molecule has 0 aliphatic heterocycles. The van der Waals surface area contributed by atoms with Gasteiger partial charge < -0.3 is 0 Å². The maximum Gasteiger partial charge on any atom is 0.136 e. The predicted molar refractivity (Wildman–Crippen MR) is 120 cm³/mol. The fourth-order valence-electron chi connectivity index (χ4n) is 10.3. The molecule has 9 atom stereocenters. The van der Waals surface area contributed by atoms with Crippen LogP contribution in [0.15, 0.2) is 12.2 Å². The van der Waals surface area contributed by atoms with Crippen LogP contribution in [0.4, 0.5) is 0 Å². The van der Waals surface area contributed by atoms with Gasteiger partial charge in [-0.25, -0.2) is 0 Å². The predicted octanol–water partition coefficient (Wildman–Crippen LogP) is 7.60. The van der Waals surface area contributed by atoms with Crippen LogP contribution in [-0.4, -0.2) is 5.78 Å². The molecule has 0 radical (unpaired) electrons. The number of Topliss-reactive ketones (excluding diaryl/α,β-unsaturated/α-hetero) is 1. The summed E-state index contributed by atoms with van der Waals surface area (Å²) in [6.45, 7) is 17.2. The van der Waals surface area contributed by atoms with Crippen molar-refractivity contribution < 1.29 is 4.79 Å². The molecule has 0 aromatic heterocycles. The number of carbonyl (C=O) groups is 1. The van der Waals surface area contributed by atoms with Gasteiger partial charge in [-0.2, -0.15) is 0 Å². The summed E-state index contributed by atoms with van der Waals surface area (Å²) in [4.78, 5) is 12.6. The molecule has 0 amide bonds. The Kier molecular flexibility index (Phi) is 4.36. The molecule has 0 spiro atoms. The second-order valence-corrected chi connectivity index (χ2v) is 13.2. The smallest absolute Gasteiger partial charge is 0.136 e. The second kappa shape index (κ2) is 6.23. The molecule has 5 aliphatic rings. The van der Waals surface area contributed by atoms with Crippen LogP contribution in [0, 0.1) is 51.2 Å². The number of allylic oxidation sites excluding steroid dienone is 1. The zero-order valence-electron chi connectivity index (χ0n) is 19.8. The van der Waals surface area contributed by atoms with E-state index in [1.165, 1.54) is 63.4 Å². The number of hydrogen-bond donors (Lipinski definition) is 0. The number of fused-ring (bicyclic) bond motifs is 7. The van der Waals surface area contributed by atoms with E-state index in [4.69, 9.17) is 0 Å². The number of carbonyl (C=O) groups excluding carboxylic acids is 1. The van der Waals surface area contributed by atoms with Crippen molar-refractivity contribution in [2.24, 2.45) is 51.2 Å². The summed E-state index contributed by atoms with van der Waals surface area (Å²) in [5.41, 5.74) is 3.27. The summed E-state index contributed by atoms with van der Waals surface area (Å²) < 4.78 is 0. The molecule has 0 aromatic carbocycles. The summed E-state index contributed by atoms with van der Waals surface area (Å²) in [6, 6.07) is 0. The minimum Gasteiger partial charge on any atom is -0.299 e. The highest BCUT2D eigenvalue weighted by Gasteiger charge is 2.66. The average Bonchev–Trinajstić information content (AvgIpc) is 2.66. The Balaban J connectivity index is 1.51. The van der Waals surface area contributed by atoms with E-state index in [1.54, 1.807) is 0 Å². The molecule has 1 heteroatoms. The first-order valence-electron chi connectivity index (χ1n) is 12.7. The van der Waals surface area contributed by atoms with Crippen LogP contribution >= 0.6 is 0 Å². The van der Waals surface area contributed by atoms with E-state index in [-0.39, 0.29) is 11.3 Å². The molecular weight excluding hydrogens is 352 g/mol. The second-order valence-electron chi connectivity index (χ2n) is 13.2. The van der Waals surface area contributed by atoms with Gasteiger partial charge in [-0.15, -0.1) is 0 Å². The van der Waals surface area contributed by atoms with Gasteiger partial charge >= 0.3 is 0 Å². The molecule has 1 nitrogen and oxygen atoms in total. The van der Waals surface area contributed by atoms with Gasteiger partial charge in [0, 0.05) is 12.3 Å². The number of rotatable bonds is 0. The maximum atomic E-state index is 12.6. The molecule has 0 unspecified atom stereocenters. The fourth-order valence-corrected chi connectivity index (χ4v) is 10.3. The van der Waals surface area contributed by atoms with Crippen LogP contribution in [-0.2, 0) is 4.79 Å². The topological polar surface area (TPSA) is 17.1 Å². The average molecular weight is 397 g/mol. The Morgan fingerprint density at radius 1 is 0.759 bits per heavy atom. The lowest BCUT2D eigenvalue weighted by atomic mass is 9.34. The highest BCUT2D eigenvalue weighted by Crippen LogP contribution is 2.74. The van der Waals surface area contributed by atoms with E-state index in [0.29, 0.717) is 22.0 Å². The molecule has 0 aromatic rings. The van der Waals surface area contributed by atoms with E-state index in [9.17, 15) is 4.79 Å². The van der Waals surface area contributed by atoms with Crippen LogP contribution in [0.5, 0.6) is 0 Å². The summed E-state index contributed by atoms with van der Waals surface area (Å²) in [5.74, 6) is 4.16. The largest absolute Gasteiger partial charge is 0.299 e. The van der Waals surface area contributed by atoms with E-state index in [1.807, 2.05) is 0 Å². The molecule has 0 saturated heterocycles. The molecule has 5 fully saturated rings. The highest BCUT2D eigenvalue weighted by atomic mass is 16.1. The lowest BCUT2D eigenvalue weighted by molar-refractivity contribution is -0.212. The molecule has 5 saturated carbocycles. The molecule has 5 rings (SSSR count). The van der Waals surface area contributed by atoms with Crippen molar-refractivity contribution in [2.75, 3.05) is 0 Å². The standard InChI is InChI=1S/C28H44O/c1-18-9-12-25(3)15-16-27(5)20(21(25)17-18)10-13-28(6)23-8-7-22(29)19(2)26(23,4)14-11-24(27)28/h19-21,23-24H,1,7-17H2,2-6H3/t19-,20-,21-,23+,24-,25+,26+,27-,28-/m0/s1. The van der Waals surface area contributed by atoms with Gasteiger partial charge in [0.2, 0.25) is 0 Å². The Morgan fingerprint density at radius 3 is 2.21 bits per heavy atom. The van der Waals surface area contributed by atoms with Crippen molar-refractivity contribution in [1.29, 1.82) is 0 Å². The Hall–Kier alpha value is -0.590. The normalized spacial score (nSPS) is 57.3. The number of hydrogen-bond acceptors (Lipinski definition) is 1. The number of ketones is 1. The van der Waals surface area contributed by atoms with Crippen LogP contribution < -0.4 is 0 Å². The molecule has 29 heavy (non-hydrogen) atoms. The van der Waals surface area contributed by atoms with Crippen molar-refractivity contribution >= 4 is 5.78 Å². The zero-order valence-corrected chi connectivity index (χ0v) is 19.8. The molecule has 0 bridgehead atoms. The monoisotopic (exact) mass is 396 g/mol. The van der Waals surface area contributed by atoms with Crippen LogP contribution in [0.25, 0.3) is 0 Å². The Morgan fingerprint density at radius 2 is 1.45 bits per heavy atom. The van der Waals surface area contributed by atoms with Gasteiger partial charge in [-0.05, 0) is 110 Å².